The largest absolute Gasteiger partial charge is 0.406 e. The number of benzene rings is 1. The molecule has 0 radical (unpaired) electrons. The van der Waals surface area contributed by atoms with Crippen LogP contribution >= 0.6 is 0 Å². The lowest BCUT2D eigenvalue weighted by atomic mass is 9.89. The maximum atomic E-state index is 12.7. The van der Waals surface area contributed by atoms with E-state index in [0.29, 0.717) is 25.8 Å². The molecule has 114 valence electrons. The number of alkyl halides is 3. The Labute approximate surface area is 121 Å². The van der Waals surface area contributed by atoms with E-state index in [9.17, 15) is 18.0 Å². The van der Waals surface area contributed by atoms with Gasteiger partial charge in [-0.2, -0.15) is 13.2 Å². The lowest BCUT2D eigenvalue weighted by Gasteiger charge is -2.32. The fourth-order valence-corrected chi connectivity index (χ4v) is 2.89. The fourth-order valence-electron chi connectivity index (χ4n) is 2.89. The summed E-state index contributed by atoms with van der Waals surface area (Å²) in [5.41, 5.74) is 1.66. The number of fused-ring (bicyclic) bond motifs is 1. The molecule has 0 spiro atoms. The first-order valence-electron chi connectivity index (χ1n) is 7.16. The van der Waals surface area contributed by atoms with E-state index in [2.05, 4.69) is 5.32 Å². The standard InChI is InChI=1S/C15H17F3N2O/c16-15(17,18)9-20(10-5-6-10)14(21)12-7-8-19-13-4-2-1-3-11(12)13/h1-4,10,12,19H,5-9H2. The molecule has 1 aromatic carbocycles. The molecule has 6 heteroatoms. The summed E-state index contributed by atoms with van der Waals surface area (Å²) in [5.74, 6) is -0.853. The number of nitrogens with one attached hydrogen (secondary N) is 1. The van der Waals surface area contributed by atoms with E-state index in [1.807, 2.05) is 24.3 Å². The van der Waals surface area contributed by atoms with E-state index in [1.54, 1.807) is 0 Å². The van der Waals surface area contributed by atoms with E-state index < -0.39 is 18.6 Å². The van der Waals surface area contributed by atoms with Crippen molar-refractivity contribution in [1.82, 2.24) is 4.90 Å². The van der Waals surface area contributed by atoms with E-state index in [0.717, 1.165) is 16.2 Å². The Morgan fingerprint density at radius 3 is 2.62 bits per heavy atom. The number of hydrogen-bond acceptors (Lipinski definition) is 2. The molecule has 1 fully saturated rings. The highest BCUT2D eigenvalue weighted by molar-refractivity contribution is 5.87. The zero-order chi connectivity index (χ0) is 15.0. The van der Waals surface area contributed by atoms with Crippen LogP contribution in [0.1, 0.15) is 30.7 Å². The molecule has 0 aromatic heterocycles. The van der Waals surface area contributed by atoms with Gasteiger partial charge in [0.1, 0.15) is 6.54 Å². The maximum Gasteiger partial charge on any atom is 0.406 e. The molecule has 21 heavy (non-hydrogen) atoms. The van der Waals surface area contributed by atoms with Gasteiger partial charge in [0.2, 0.25) is 5.91 Å². The van der Waals surface area contributed by atoms with Crippen LogP contribution in [0.2, 0.25) is 0 Å². The second-order valence-corrected chi connectivity index (χ2v) is 5.67. The minimum absolute atomic E-state index is 0.235. The van der Waals surface area contributed by atoms with Gasteiger partial charge in [-0.3, -0.25) is 4.79 Å². The predicted molar refractivity (Wildman–Crippen MR) is 73.1 cm³/mol. The van der Waals surface area contributed by atoms with Gasteiger partial charge in [-0.15, -0.1) is 0 Å². The third kappa shape index (κ3) is 3.14. The Kier molecular flexibility index (Phi) is 3.55. The van der Waals surface area contributed by atoms with E-state index >= 15 is 0 Å². The first-order valence-corrected chi connectivity index (χ1v) is 7.16. The molecule has 3 nitrogen and oxygen atoms in total. The number of carbonyl (C=O) groups excluding carboxylic acids is 1. The normalized spacial score (nSPS) is 21.4. The highest BCUT2D eigenvalue weighted by Gasteiger charge is 2.43. The predicted octanol–water partition coefficient (Wildman–Crippen LogP) is 3.14. The lowest BCUT2D eigenvalue weighted by molar-refractivity contribution is -0.163. The van der Waals surface area contributed by atoms with Crippen LogP contribution in [0.5, 0.6) is 0 Å². The van der Waals surface area contributed by atoms with Crippen molar-refractivity contribution in [2.75, 3.05) is 18.4 Å². The van der Waals surface area contributed by atoms with Crippen molar-refractivity contribution in [2.45, 2.75) is 37.4 Å². The monoisotopic (exact) mass is 298 g/mol. The second-order valence-electron chi connectivity index (χ2n) is 5.67. The molecule has 1 heterocycles. The maximum absolute atomic E-state index is 12.7. The SMILES string of the molecule is O=C(C1CCNc2ccccc21)N(CC(F)(F)F)C1CC1. The van der Waals surface area contributed by atoms with Gasteiger partial charge >= 0.3 is 6.18 Å². The Balaban J connectivity index is 1.84. The van der Waals surface area contributed by atoms with E-state index in [1.165, 1.54) is 0 Å². The van der Waals surface area contributed by atoms with Crippen LogP contribution in [0.4, 0.5) is 18.9 Å². The minimum Gasteiger partial charge on any atom is -0.385 e. The summed E-state index contributed by atoms with van der Waals surface area (Å²) in [7, 11) is 0. The van der Waals surface area contributed by atoms with Crippen molar-refractivity contribution >= 4 is 11.6 Å². The second kappa shape index (κ2) is 5.24. The molecule has 1 unspecified atom stereocenters. The summed E-state index contributed by atoms with van der Waals surface area (Å²) in [6.45, 7) is -0.527. The third-order valence-corrected chi connectivity index (χ3v) is 4.00. The molecule has 3 rings (SSSR count). The quantitative estimate of drug-likeness (QED) is 0.930. The number of amides is 1. The van der Waals surface area contributed by atoms with Crippen LogP contribution in [-0.2, 0) is 4.79 Å². The van der Waals surface area contributed by atoms with Crippen LogP contribution in [0.15, 0.2) is 24.3 Å². The molecule has 1 amide bonds. The van der Waals surface area contributed by atoms with Gasteiger partial charge < -0.3 is 10.2 Å². The van der Waals surface area contributed by atoms with Gasteiger partial charge in [0.05, 0.1) is 5.92 Å². The Bertz CT molecular complexity index is 540. The van der Waals surface area contributed by atoms with Gasteiger partial charge in [0.25, 0.3) is 0 Å². The van der Waals surface area contributed by atoms with E-state index in [4.69, 9.17) is 0 Å². The molecular weight excluding hydrogens is 281 g/mol. The summed E-state index contributed by atoms with van der Waals surface area (Å²) >= 11 is 0. The van der Waals surface area contributed by atoms with Crippen LogP contribution in [0.25, 0.3) is 0 Å². The zero-order valence-electron chi connectivity index (χ0n) is 11.5. The molecule has 1 aliphatic carbocycles. The van der Waals surface area contributed by atoms with Crippen molar-refractivity contribution in [3.8, 4) is 0 Å². The molecule has 0 bridgehead atoms. The van der Waals surface area contributed by atoms with Crippen molar-refractivity contribution in [3.05, 3.63) is 29.8 Å². The van der Waals surface area contributed by atoms with Crippen LogP contribution < -0.4 is 5.32 Å². The Hall–Kier alpha value is -1.72. The minimum atomic E-state index is -4.34. The molecule has 1 saturated carbocycles. The summed E-state index contributed by atoms with van der Waals surface area (Å²) in [5, 5.41) is 3.19. The highest BCUT2D eigenvalue weighted by atomic mass is 19.4. The topological polar surface area (TPSA) is 32.3 Å². The Morgan fingerprint density at radius 1 is 1.24 bits per heavy atom. The number of anilines is 1. The van der Waals surface area contributed by atoms with Crippen LogP contribution in [-0.4, -0.2) is 36.1 Å². The average molecular weight is 298 g/mol. The molecule has 1 N–H and O–H groups in total. The number of rotatable bonds is 3. The molecular formula is C15H17F3N2O. The molecule has 2 aliphatic rings. The van der Waals surface area contributed by atoms with Gasteiger partial charge in [-0.25, -0.2) is 0 Å². The van der Waals surface area contributed by atoms with Gasteiger partial charge in [0.15, 0.2) is 0 Å². The number of halogens is 3. The summed E-state index contributed by atoms with van der Waals surface area (Å²) in [4.78, 5) is 13.7. The van der Waals surface area contributed by atoms with Gasteiger partial charge in [-0.05, 0) is 30.9 Å². The van der Waals surface area contributed by atoms with Crippen molar-refractivity contribution < 1.29 is 18.0 Å². The number of carbonyl (C=O) groups is 1. The zero-order valence-corrected chi connectivity index (χ0v) is 11.5. The third-order valence-electron chi connectivity index (χ3n) is 4.00. The molecule has 0 saturated heterocycles. The fraction of sp³-hybridized carbons (Fsp3) is 0.533. The van der Waals surface area contributed by atoms with Crippen molar-refractivity contribution in [3.63, 3.8) is 0 Å². The number of para-hydroxylation sites is 1. The van der Waals surface area contributed by atoms with Crippen LogP contribution in [0, 0.1) is 0 Å². The number of hydrogen-bond donors (Lipinski definition) is 1. The van der Waals surface area contributed by atoms with Crippen molar-refractivity contribution in [1.29, 1.82) is 0 Å². The number of nitrogens with zero attached hydrogens (tertiary/aromatic N) is 1. The summed E-state index contributed by atoms with van der Waals surface area (Å²) in [6.07, 6.45) is -2.45. The first-order chi connectivity index (χ1) is 9.96. The Morgan fingerprint density at radius 2 is 1.95 bits per heavy atom. The molecule has 1 aliphatic heterocycles. The lowest BCUT2D eigenvalue weighted by Crippen LogP contribution is -2.44. The summed E-state index contributed by atoms with van der Waals surface area (Å²) in [6, 6.07) is 7.12. The molecule has 1 atom stereocenters. The molecule has 1 aromatic rings. The summed E-state index contributed by atoms with van der Waals surface area (Å²) < 4.78 is 38.1. The first kappa shape index (κ1) is 14.2. The average Bonchev–Trinajstić information content (AvgIpc) is 3.27. The van der Waals surface area contributed by atoms with E-state index in [-0.39, 0.29) is 11.9 Å². The van der Waals surface area contributed by atoms with Gasteiger partial charge in [0, 0.05) is 18.3 Å². The highest BCUT2D eigenvalue weighted by Crippen LogP contribution is 2.37. The smallest absolute Gasteiger partial charge is 0.385 e. The van der Waals surface area contributed by atoms with Gasteiger partial charge in [-0.1, -0.05) is 18.2 Å². The van der Waals surface area contributed by atoms with Crippen molar-refractivity contribution in [2.24, 2.45) is 0 Å². The van der Waals surface area contributed by atoms with Crippen LogP contribution in [0.3, 0.4) is 0 Å².